The Bertz CT molecular complexity index is 855. The van der Waals surface area contributed by atoms with E-state index in [9.17, 15) is 29.4 Å². The van der Waals surface area contributed by atoms with Crippen LogP contribution in [0.1, 0.15) is 25.3 Å². The Labute approximate surface area is 224 Å². The predicted molar refractivity (Wildman–Crippen MR) is 94.9 cm³/mol. The zero-order chi connectivity index (χ0) is 20.1. The monoisotopic (exact) mass is 500 g/mol. The third kappa shape index (κ3) is 4.90. The molecule has 0 spiro atoms. The van der Waals surface area contributed by atoms with Gasteiger partial charge in [-0.05, 0) is 25.5 Å². The van der Waals surface area contributed by atoms with Crippen LogP contribution in [0.25, 0.3) is 0 Å². The molecule has 1 aromatic rings. The average Bonchev–Trinajstić information content (AvgIpc) is 2.82. The second-order valence-corrected chi connectivity index (χ2v) is 9.46. The summed E-state index contributed by atoms with van der Waals surface area (Å²) in [4.78, 5) is 49.1. The maximum atomic E-state index is 12.6. The van der Waals surface area contributed by atoms with Crippen LogP contribution in [0.5, 0.6) is 0 Å². The first-order valence-electron chi connectivity index (χ1n) is 8.02. The smallest absolute Gasteiger partial charge is 0.549 e. The number of fused-ring (bicyclic) bond motifs is 1. The molecule has 29 heavy (non-hydrogen) atoms. The van der Waals surface area contributed by atoms with Crippen molar-refractivity contribution >= 4 is 51.4 Å². The van der Waals surface area contributed by atoms with Crippen LogP contribution in [-0.4, -0.2) is 50.9 Å². The van der Waals surface area contributed by atoms with Gasteiger partial charge in [-0.2, -0.15) is 0 Å². The molecular formula is C17H15BrN2Na2O6S. The molecule has 3 unspecified atom stereocenters. The van der Waals surface area contributed by atoms with Gasteiger partial charge in [0.25, 0.3) is 0 Å². The van der Waals surface area contributed by atoms with Crippen LogP contribution in [-0.2, 0) is 19.2 Å². The van der Waals surface area contributed by atoms with Crippen molar-refractivity contribution in [2.24, 2.45) is 0 Å². The molecule has 12 heteroatoms. The summed E-state index contributed by atoms with van der Waals surface area (Å²) in [6, 6.07) is 4.19. The molecule has 3 rings (SSSR count). The zero-order valence-electron chi connectivity index (χ0n) is 16.3. The Morgan fingerprint density at radius 1 is 1.21 bits per heavy atom. The van der Waals surface area contributed by atoms with Crippen LogP contribution in [0.15, 0.2) is 28.7 Å². The molecule has 2 saturated heterocycles. The van der Waals surface area contributed by atoms with E-state index in [2.05, 4.69) is 21.2 Å². The van der Waals surface area contributed by atoms with Crippen molar-refractivity contribution in [3.8, 4) is 0 Å². The minimum atomic E-state index is -1.61. The van der Waals surface area contributed by atoms with Gasteiger partial charge in [-0.3, -0.25) is 9.59 Å². The van der Waals surface area contributed by atoms with Crippen molar-refractivity contribution in [1.29, 1.82) is 0 Å². The molecule has 144 valence electrons. The Balaban J connectivity index is 0.00000210. The van der Waals surface area contributed by atoms with E-state index in [1.54, 1.807) is 32.0 Å². The fourth-order valence-corrected chi connectivity index (χ4v) is 5.58. The number of benzene rings is 1. The van der Waals surface area contributed by atoms with Crippen molar-refractivity contribution in [3.05, 3.63) is 34.3 Å². The first-order valence-corrected chi connectivity index (χ1v) is 9.70. The quantitative estimate of drug-likeness (QED) is 0.241. The summed E-state index contributed by atoms with van der Waals surface area (Å²) in [7, 11) is 0. The van der Waals surface area contributed by atoms with Gasteiger partial charge >= 0.3 is 59.1 Å². The molecule has 4 atom stereocenters. The number of halogens is 1. The number of nitrogens with one attached hydrogen (secondary N) is 1. The minimum absolute atomic E-state index is 0. The van der Waals surface area contributed by atoms with Gasteiger partial charge in [0.1, 0.15) is 17.3 Å². The SMILES string of the molecule is CC1(C)S[C@@H]2C(NC(=O)C(C(=O)[O-])c3ccccc3Br)C(=O)N2C1C(=O)[O-].[Na+].[Na+]. The minimum Gasteiger partial charge on any atom is -0.549 e. The fourth-order valence-electron chi connectivity index (χ4n) is 3.45. The van der Waals surface area contributed by atoms with Crippen LogP contribution >= 0.6 is 27.7 Å². The Morgan fingerprint density at radius 2 is 1.79 bits per heavy atom. The normalized spacial score (nSPS) is 24.9. The van der Waals surface area contributed by atoms with E-state index in [1.165, 1.54) is 17.8 Å². The molecule has 1 N–H and O–H groups in total. The van der Waals surface area contributed by atoms with Crippen molar-refractivity contribution < 1.29 is 88.5 Å². The fraction of sp³-hybridized carbons (Fsp3) is 0.412. The van der Waals surface area contributed by atoms with E-state index in [-0.39, 0.29) is 64.7 Å². The van der Waals surface area contributed by atoms with Crippen LogP contribution < -0.4 is 74.6 Å². The number of hydrogen-bond acceptors (Lipinski definition) is 7. The topological polar surface area (TPSA) is 130 Å². The van der Waals surface area contributed by atoms with E-state index in [4.69, 9.17) is 0 Å². The second-order valence-electron chi connectivity index (χ2n) is 6.84. The molecule has 0 aliphatic carbocycles. The molecule has 1 aromatic carbocycles. The Kier molecular flexibility index (Phi) is 9.33. The molecule has 0 bridgehead atoms. The standard InChI is InChI=1S/C17H17BrN2O6S.2Na/c1-17(2)11(16(25)26)20-13(22)10(14(20)27-17)19-12(21)9(15(23)24)7-5-3-4-6-8(7)18;;/h3-6,9-11,14H,1-2H3,(H,19,21)(H,23,24)(H,25,26);;/q;2*+1/p-2/t9?,10?,11?,14-;;/m1../s1. The number of β-lactam (4-membered cyclic amide) rings is 1. The maximum Gasteiger partial charge on any atom is 1.00 e. The van der Waals surface area contributed by atoms with Gasteiger partial charge in [0, 0.05) is 9.22 Å². The van der Waals surface area contributed by atoms with Crippen LogP contribution in [0.2, 0.25) is 0 Å². The maximum absolute atomic E-state index is 12.6. The van der Waals surface area contributed by atoms with E-state index in [0.29, 0.717) is 4.47 Å². The number of carboxylic acid groups (broad SMARTS) is 2. The first kappa shape index (κ1) is 27.0. The summed E-state index contributed by atoms with van der Waals surface area (Å²) < 4.78 is -0.376. The average molecular weight is 501 g/mol. The number of nitrogens with zero attached hydrogens (tertiary/aromatic N) is 1. The van der Waals surface area contributed by atoms with Gasteiger partial charge < -0.3 is 30.0 Å². The molecule has 2 amide bonds. The molecule has 0 aromatic heterocycles. The molecule has 8 nitrogen and oxygen atoms in total. The van der Waals surface area contributed by atoms with Gasteiger partial charge in [0.2, 0.25) is 11.8 Å². The number of aliphatic carboxylic acids is 2. The van der Waals surface area contributed by atoms with Gasteiger partial charge in [0.05, 0.1) is 18.0 Å². The van der Waals surface area contributed by atoms with Crippen LogP contribution in [0.4, 0.5) is 0 Å². The number of rotatable bonds is 5. The number of thioether (sulfide) groups is 1. The molecule has 2 aliphatic rings. The van der Waals surface area contributed by atoms with Gasteiger partial charge in [-0.25, -0.2) is 0 Å². The third-order valence-electron chi connectivity index (χ3n) is 4.68. The van der Waals surface area contributed by atoms with Crippen molar-refractivity contribution in [2.45, 2.75) is 42.0 Å². The first-order chi connectivity index (χ1) is 12.6. The summed E-state index contributed by atoms with van der Waals surface area (Å²) >= 11 is 4.43. The number of carboxylic acids is 2. The van der Waals surface area contributed by atoms with Crippen molar-refractivity contribution in [2.75, 3.05) is 0 Å². The van der Waals surface area contributed by atoms with Crippen molar-refractivity contribution in [3.63, 3.8) is 0 Å². The summed E-state index contributed by atoms with van der Waals surface area (Å²) in [6.07, 6.45) is 0. The summed E-state index contributed by atoms with van der Waals surface area (Å²) in [5, 5.41) is 24.8. The van der Waals surface area contributed by atoms with Gasteiger partial charge in [-0.1, -0.05) is 34.1 Å². The van der Waals surface area contributed by atoms with Gasteiger partial charge in [0.15, 0.2) is 0 Å². The number of carbonyl (C=O) groups excluding carboxylic acids is 4. The number of carbonyl (C=O) groups is 4. The van der Waals surface area contributed by atoms with Crippen LogP contribution in [0.3, 0.4) is 0 Å². The van der Waals surface area contributed by atoms with E-state index in [1.807, 2.05) is 0 Å². The molecular weight excluding hydrogens is 486 g/mol. The van der Waals surface area contributed by atoms with E-state index >= 15 is 0 Å². The summed E-state index contributed by atoms with van der Waals surface area (Å²) in [5.41, 5.74) is 0.200. The molecule has 2 fully saturated rings. The third-order valence-corrected chi connectivity index (χ3v) is 6.97. The molecule has 0 saturated carbocycles. The number of hydrogen-bond donors (Lipinski definition) is 1. The molecule has 0 radical (unpaired) electrons. The summed E-state index contributed by atoms with van der Waals surface area (Å²) in [6.45, 7) is 3.35. The molecule has 2 heterocycles. The second kappa shape index (κ2) is 10.0. The van der Waals surface area contributed by atoms with E-state index < -0.39 is 51.9 Å². The Morgan fingerprint density at radius 3 is 2.31 bits per heavy atom. The number of amides is 2. The van der Waals surface area contributed by atoms with Crippen LogP contribution in [0, 0.1) is 0 Å². The van der Waals surface area contributed by atoms with Gasteiger partial charge in [-0.15, -0.1) is 11.8 Å². The molecule has 2 aliphatic heterocycles. The largest absolute Gasteiger partial charge is 1.00 e. The zero-order valence-corrected chi connectivity index (χ0v) is 22.7. The Hall–Kier alpha value is -0.0700. The van der Waals surface area contributed by atoms with E-state index in [0.717, 1.165) is 4.90 Å². The summed E-state index contributed by atoms with van der Waals surface area (Å²) in [5.74, 6) is -6.05. The predicted octanol–water partition coefficient (Wildman–Crippen LogP) is -7.41. The van der Waals surface area contributed by atoms with Crippen molar-refractivity contribution in [1.82, 2.24) is 10.2 Å².